The molecular formula is C27H22F2N6OS. The first-order valence-corrected chi connectivity index (χ1v) is 12.2. The molecule has 5 rings (SSSR count). The van der Waals surface area contributed by atoms with Crippen LogP contribution in [0.1, 0.15) is 26.4 Å². The Balaban J connectivity index is 1.29. The number of nitrogens with zero attached hydrogens (tertiary/aromatic N) is 3. The number of carbonyl (C=O) groups is 1. The van der Waals surface area contributed by atoms with E-state index in [0.717, 1.165) is 43.9 Å². The number of benzene rings is 2. The number of nitrogen functional groups attached to an aromatic ring is 1. The van der Waals surface area contributed by atoms with Crippen LogP contribution in [0.25, 0.3) is 21.3 Å². The highest BCUT2D eigenvalue weighted by Crippen LogP contribution is 2.31. The van der Waals surface area contributed by atoms with Gasteiger partial charge in [-0.3, -0.25) is 4.79 Å². The van der Waals surface area contributed by atoms with E-state index < -0.39 is 11.6 Å². The number of anilines is 2. The molecule has 0 fully saturated rings. The third kappa shape index (κ3) is 5.39. The van der Waals surface area contributed by atoms with E-state index in [1.165, 1.54) is 12.4 Å². The SMILES string of the molecule is Cc1cnc(NCc2ccc(-c3ccc4ncnc(N)c4c3)s2)c(C(=O)NCc2ccc(F)c(F)c2)c1. The first kappa shape index (κ1) is 24.3. The molecule has 1 amide bonds. The average molecular weight is 517 g/mol. The number of pyridine rings is 1. The molecule has 0 saturated carbocycles. The molecule has 5 aromatic rings. The lowest BCUT2D eigenvalue weighted by molar-refractivity contribution is 0.0951. The summed E-state index contributed by atoms with van der Waals surface area (Å²) in [5.41, 5.74) is 9.45. The predicted molar refractivity (Wildman–Crippen MR) is 141 cm³/mol. The van der Waals surface area contributed by atoms with Gasteiger partial charge < -0.3 is 16.4 Å². The topological polar surface area (TPSA) is 106 Å². The third-order valence-corrected chi connectivity index (χ3v) is 6.88. The zero-order chi connectivity index (χ0) is 25.9. The van der Waals surface area contributed by atoms with Crippen LogP contribution in [0.2, 0.25) is 0 Å². The van der Waals surface area contributed by atoms with Crippen LogP contribution >= 0.6 is 11.3 Å². The van der Waals surface area contributed by atoms with Crippen molar-refractivity contribution in [2.75, 3.05) is 11.1 Å². The standard InChI is InChI=1S/C27H22F2N6OS/c1-15-8-20(27(36)33-12-16-2-5-21(28)22(29)9-16)26(31-11-15)32-13-18-4-7-24(37-18)17-3-6-23-19(10-17)25(30)35-14-34-23/h2-11,14H,12-13H2,1H3,(H,31,32)(H,33,36)(H2,30,34,35). The minimum Gasteiger partial charge on any atom is -0.383 e. The van der Waals surface area contributed by atoms with Gasteiger partial charge in [0.1, 0.15) is 18.0 Å². The first-order valence-electron chi connectivity index (χ1n) is 11.4. The highest BCUT2D eigenvalue weighted by atomic mass is 32.1. The maximum absolute atomic E-state index is 13.5. The Morgan fingerprint density at radius 3 is 2.68 bits per heavy atom. The molecule has 0 aliphatic rings. The molecule has 0 atom stereocenters. The normalized spacial score (nSPS) is 11.0. The van der Waals surface area contributed by atoms with Gasteiger partial charge in [-0.1, -0.05) is 12.1 Å². The number of nitrogens with one attached hydrogen (secondary N) is 2. The molecule has 0 unspecified atom stereocenters. The summed E-state index contributed by atoms with van der Waals surface area (Å²) < 4.78 is 26.7. The van der Waals surface area contributed by atoms with E-state index >= 15 is 0 Å². The highest BCUT2D eigenvalue weighted by Gasteiger charge is 2.14. The molecule has 2 aromatic carbocycles. The summed E-state index contributed by atoms with van der Waals surface area (Å²) in [7, 11) is 0. The van der Waals surface area contributed by atoms with Gasteiger partial charge in [0.05, 0.1) is 17.6 Å². The summed E-state index contributed by atoms with van der Waals surface area (Å²) >= 11 is 1.61. The smallest absolute Gasteiger partial charge is 0.255 e. The van der Waals surface area contributed by atoms with Crippen LogP contribution in [-0.4, -0.2) is 20.9 Å². The molecule has 0 aliphatic carbocycles. The molecule has 0 saturated heterocycles. The summed E-state index contributed by atoms with van der Waals surface area (Å²) in [5, 5.41) is 6.79. The number of aryl methyl sites for hydroxylation is 1. The van der Waals surface area contributed by atoms with Crippen LogP contribution in [0.4, 0.5) is 20.4 Å². The number of halogens is 2. The van der Waals surface area contributed by atoms with Gasteiger partial charge in [0.25, 0.3) is 5.91 Å². The van der Waals surface area contributed by atoms with Gasteiger partial charge in [0, 0.05) is 27.9 Å². The molecule has 186 valence electrons. The van der Waals surface area contributed by atoms with E-state index in [9.17, 15) is 13.6 Å². The van der Waals surface area contributed by atoms with Crippen LogP contribution in [0.3, 0.4) is 0 Å². The maximum Gasteiger partial charge on any atom is 0.255 e. The Kier molecular flexibility index (Phi) is 6.74. The van der Waals surface area contributed by atoms with Crippen molar-refractivity contribution >= 4 is 39.8 Å². The Morgan fingerprint density at radius 2 is 1.84 bits per heavy atom. The van der Waals surface area contributed by atoms with E-state index in [4.69, 9.17) is 5.73 Å². The van der Waals surface area contributed by atoms with E-state index in [1.807, 2.05) is 37.3 Å². The van der Waals surface area contributed by atoms with Gasteiger partial charge in [0.15, 0.2) is 11.6 Å². The molecule has 0 spiro atoms. The minimum atomic E-state index is -0.956. The van der Waals surface area contributed by atoms with Gasteiger partial charge in [-0.25, -0.2) is 23.7 Å². The van der Waals surface area contributed by atoms with E-state index in [1.54, 1.807) is 23.6 Å². The van der Waals surface area contributed by atoms with Gasteiger partial charge >= 0.3 is 0 Å². The number of thiophene rings is 1. The van der Waals surface area contributed by atoms with Crippen molar-refractivity contribution in [2.45, 2.75) is 20.0 Å². The van der Waals surface area contributed by atoms with Crippen LogP contribution < -0.4 is 16.4 Å². The molecule has 10 heteroatoms. The number of nitrogens with two attached hydrogens (primary N) is 1. The number of hydrogen-bond acceptors (Lipinski definition) is 7. The van der Waals surface area contributed by atoms with Crippen LogP contribution in [-0.2, 0) is 13.1 Å². The van der Waals surface area contributed by atoms with Crippen molar-refractivity contribution in [1.29, 1.82) is 0 Å². The Bertz CT molecular complexity index is 1620. The van der Waals surface area contributed by atoms with Crippen molar-refractivity contribution in [3.05, 3.63) is 100 Å². The van der Waals surface area contributed by atoms with E-state index in [2.05, 4.69) is 25.6 Å². The van der Waals surface area contributed by atoms with Gasteiger partial charge in [0.2, 0.25) is 0 Å². The fourth-order valence-electron chi connectivity index (χ4n) is 3.84. The van der Waals surface area contributed by atoms with Crippen molar-refractivity contribution < 1.29 is 13.6 Å². The molecular weight excluding hydrogens is 494 g/mol. The summed E-state index contributed by atoms with van der Waals surface area (Å²) in [6.07, 6.45) is 3.12. The predicted octanol–water partition coefficient (Wildman–Crippen LogP) is 5.46. The van der Waals surface area contributed by atoms with E-state index in [-0.39, 0.29) is 12.5 Å². The number of amides is 1. The van der Waals surface area contributed by atoms with Gasteiger partial charge in [-0.05, 0) is 66.1 Å². The molecule has 37 heavy (non-hydrogen) atoms. The van der Waals surface area contributed by atoms with E-state index in [0.29, 0.717) is 29.3 Å². The second kappa shape index (κ2) is 10.3. The molecule has 0 aliphatic heterocycles. The lowest BCUT2D eigenvalue weighted by Gasteiger charge is -2.12. The van der Waals surface area contributed by atoms with Crippen molar-refractivity contribution in [1.82, 2.24) is 20.3 Å². The number of aromatic nitrogens is 3. The molecule has 3 aromatic heterocycles. The zero-order valence-corrected chi connectivity index (χ0v) is 20.6. The minimum absolute atomic E-state index is 0.0546. The number of hydrogen-bond donors (Lipinski definition) is 3. The quantitative estimate of drug-likeness (QED) is 0.265. The second-order valence-corrected chi connectivity index (χ2v) is 9.62. The average Bonchev–Trinajstić information content (AvgIpc) is 3.37. The molecule has 7 nitrogen and oxygen atoms in total. The second-order valence-electron chi connectivity index (χ2n) is 8.45. The number of rotatable bonds is 7. The Labute approximate surface area is 215 Å². The van der Waals surface area contributed by atoms with Gasteiger partial charge in [-0.15, -0.1) is 11.3 Å². The summed E-state index contributed by atoms with van der Waals surface area (Å²) in [4.78, 5) is 27.7. The Hall–Kier alpha value is -4.44. The van der Waals surface area contributed by atoms with Crippen LogP contribution in [0.5, 0.6) is 0 Å². The van der Waals surface area contributed by atoms with Gasteiger partial charge in [-0.2, -0.15) is 0 Å². The lowest BCUT2D eigenvalue weighted by Crippen LogP contribution is -2.24. The molecule has 0 radical (unpaired) electrons. The van der Waals surface area contributed by atoms with Crippen LogP contribution in [0.15, 0.2) is 67.1 Å². The summed E-state index contributed by atoms with van der Waals surface area (Å²) in [6, 6.07) is 15.2. The fraction of sp³-hybridized carbons (Fsp3) is 0.111. The monoisotopic (exact) mass is 516 g/mol. The number of fused-ring (bicyclic) bond motifs is 1. The van der Waals surface area contributed by atoms with Crippen LogP contribution in [0, 0.1) is 18.6 Å². The molecule has 4 N–H and O–H groups in total. The maximum atomic E-state index is 13.5. The molecule has 3 heterocycles. The zero-order valence-electron chi connectivity index (χ0n) is 19.8. The molecule has 0 bridgehead atoms. The summed E-state index contributed by atoms with van der Waals surface area (Å²) in [5.74, 6) is -1.39. The lowest BCUT2D eigenvalue weighted by atomic mass is 10.1. The largest absolute Gasteiger partial charge is 0.383 e. The highest BCUT2D eigenvalue weighted by molar-refractivity contribution is 7.15. The fourth-order valence-corrected chi connectivity index (χ4v) is 4.78. The van der Waals surface area contributed by atoms with Crippen molar-refractivity contribution in [3.8, 4) is 10.4 Å². The first-order chi connectivity index (χ1) is 17.9. The van der Waals surface area contributed by atoms with Crippen molar-refractivity contribution in [2.24, 2.45) is 0 Å². The summed E-state index contributed by atoms with van der Waals surface area (Å²) in [6.45, 7) is 2.36. The third-order valence-electron chi connectivity index (χ3n) is 5.75. The Morgan fingerprint density at radius 1 is 0.973 bits per heavy atom. The number of carbonyl (C=O) groups excluding carboxylic acids is 1. The van der Waals surface area contributed by atoms with Crippen molar-refractivity contribution in [3.63, 3.8) is 0 Å².